The highest BCUT2D eigenvalue weighted by Crippen LogP contribution is 2.07. The molecule has 0 atom stereocenters. The number of nitrogens with one attached hydrogen (secondary N) is 1. The van der Waals surface area contributed by atoms with Crippen molar-refractivity contribution in [3.05, 3.63) is 54.0 Å². The van der Waals surface area contributed by atoms with Gasteiger partial charge in [0, 0.05) is 17.2 Å². The van der Waals surface area contributed by atoms with Crippen LogP contribution in [0.15, 0.2) is 42.6 Å². The lowest BCUT2D eigenvalue weighted by molar-refractivity contribution is 0.102. The topological polar surface area (TPSA) is 82.5 Å². The van der Waals surface area contributed by atoms with Gasteiger partial charge in [0.1, 0.15) is 11.6 Å². The lowest BCUT2D eigenvalue weighted by atomic mass is 9.79. The Morgan fingerprint density at radius 2 is 2.05 bits per heavy atom. The lowest BCUT2D eigenvalue weighted by Gasteiger charge is -2.06. The number of rotatable bonds is 3. The van der Waals surface area contributed by atoms with Gasteiger partial charge < -0.3 is 15.4 Å². The number of carbonyl (C=O) groups is 1. The van der Waals surface area contributed by atoms with Crippen LogP contribution in [0.4, 0.5) is 10.2 Å². The minimum Gasteiger partial charge on any atom is -0.423 e. The lowest BCUT2D eigenvalue weighted by Crippen LogP contribution is -2.33. The molecule has 0 saturated carbocycles. The van der Waals surface area contributed by atoms with Crippen molar-refractivity contribution in [1.29, 1.82) is 0 Å². The van der Waals surface area contributed by atoms with E-state index in [1.165, 1.54) is 12.3 Å². The molecule has 0 saturated heterocycles. The Morgan fingerprint density at radius 3 is 2.63 bits per heavy atom. The van der Waals surface area contributed by atoms with E-state index in [0.717, 1.165) is 12.1 Å². The number of hydrogen-bond acceptors (Lipinski definition) is 4. The first-order chi connectivity index (χ1) is 9.08. The third-order valence-corrected chi connectivity index (χ3v) is 2.45. The fourth-order valence-electron chi connectivity index (χ4n) is 1.50. The Labute approximate surface area is 108 Å². The molecule has 2 aromatic rings. The highest BCUT2D eigenvalue weighted by atomic mass is 19.1. The van der Waals surface area contributed by atoms with E-state index in [2.05, 4.69) is 10.3 Å². The molecule has 0 unspecified atom stereocenters. The van der Waals surface area contributed by atoms with Gasteiger partial charge in [0.2, 0.25) is 0 Å². The molecule has 2 rings (SSSR count). The molecule has 0 spiro atoms. The summed E-state index contributed by atoms with van der Waals surface area (Å²) in [7, 11) is -1.91. The van der Waals surface area contributed by atoms with Gasteiger partial charge in [-0.3, -0.25) is 4.79 Å². The Hall–Kier alpha value is -2.25. The molecule has 19 heavy (non-hydrogen) atoms. The van der Waals surface area contributed by atoms with Crippen LogP contribution in [0.2, 0.25) is 0 Å². The molecule has 0 aliphatic rings. The molecule has 7 heteroatoms. The molecule has 0 bridgehead atoms. The number of anilines is 1. The van der Waals surface area contributed by atoms with Gasteiger partial charge in [-0.1, -0.05) is 12.1 Å². The van der Waals surface area contributed by atoms with E-state index in [0.29, 0.717) is 5.82 Å². The smallest absolute Gasteiger partial charge is 0.423 e. The van der Waals surface area contributed by atoms with Crippen LogP contribution in [-0.4, -0.2) is 28.1 Å². The molecule has 0 radical (unpaired) electrons. The van der Waals surface area contributed by atoms with Crippen LogP contribution < -0.4 is 10.8 Å². The Balaban J connectivity index is 2.18. The third-order valence-electron chi connectivity index (χ3n) is 2.45. The van der Waals surface area contributed by atoms with Crippen molar-refractivity contribution in [2.75, 3.05) is 5.32 Å². The summed E-state index contributed by atoms with van der Waals surface area (Å²) in [5.41, 5.74) is -0.220. The number of halogens is 1. The van der Waals surface area contributed by atoms with E-state index in [-0.39, 0.29) is 11.0 Å². The van der Waals surface area contributed by atoms with Crippen molar-refractivity contribution in [1.82, 2.24) is 4.98 Å². The molecular formula is C12H10BFN2O3. The summed E-state index contributed by atoms with van der Waals surface area (Å²) in [4.78, 5) is 15.7. The molecule has 1 aromatic heterocycles. The predicted molar refractivity (Wildman–Crippen MR) is 68.4 cm³/mol. The first-order valence-electron chi connectivity index (χ1n) is 5.46. The fourth-order valence-corrected chi connectivity index (χ4v) is 1.50. The van der Waals surface area contributed by atoms with Crippen molar-refractivity contribution >= 4 is 24.3 Å². The molecule has 1 heterocycles. The number of amides is 1. The highest BCUT2D eigenvalue weighted by Gasteiger charge is 2.18. The largest absolute Gasteiger partial charge is 0.491 e. The maximum absolute atomic E-state index is 13.5. The first-order valence-corrected chi connectivity index (χ1v) is 5.46. The number of pyridine rings is 1. The summed E-state index contributed by atoms with van der Waals surface area (Å²) in [5.74, 6) is -1.04. The van der Waals surface area contributed by atoms with Crippen LogP contribution in [-0.2, 0) is 0 Å². The minimum atomic E-state index is -1.91. The molecule has 1 amide bonds. The van der Waals surface area contributed by atoms with Crippen LogP contribution in [0.1, 0.15) is 10.4 Å². The van der Waals surface area contributed by atoms with Crippen molar-refractivity contribution in [3.8, 4) is 0 Å². The third kappa shape index (κ3) is 3.15. The number of nitrogens with zero attached hydrogens (tertiary/aromatic N) is 1. The molecule has 5 nitrogen and oxygen atoms in total. The number of carbonyl (C=O) groups excluding carboxylic acids is 1. The van der Waals surface area contributed by atoms with Crippen LogP contribution >= 0.6 is 0 Å². The van der Waals surface area contributed by atoms with Gasteiger partial charge >= 0.3 is 7.12 Å². The van der Waals surface area contributed by atoms with Crippen molar-refractivity contribution in [2.45, 2.75) is 0 Å². The average molecular weight is 260 g/mol. The van der Waals surface area contributed by atoms with Gasteiger partial charge in [-0.2, -0.15) is 0 Å². The van der Waals surface area contributed by atoms with Crippen molar-refractivity contribution < 1.29 is 19.2 Å². The summed E-state index contributed by atoms with van der Waals surface area (Å²) < 4.78 is 13.5. The van der Waals surface area contributed by atoms with Gasteiger partial charge in [0.25, 0.3) is 5.91 Å². The van der Waals surface area contributed by atoms with E-state index in [4.69, 9.17) is 10.0 Å². The van der Waals surface area contributed by atoms with E-state index in [1.54, 1.807) is 18.2 Å². The second kappa shape index (κ2) is 5.60. The minimum absolute atomic E-state index is 0.0625. The van der Waals surface area contributed by atoms with E-state index in [1.807, 2.05) is 0 Å². The van der Waals surface area contributed by atoms with Gasteiger partial charge in [0.15, 0.2) is 0 Å². The van der Waals surface area contributed by atoms with E-state index in [9.17, 15) is 9.18 Å². The zero-order valence-electron chi connectivity index (χ0n) is 9.75. The second-order valence-corrected chi connectivity index (χ2v) is 3.78. The van der Waals surface area contributed by atoms with Gasteiger partial charge in [-0.15, -0.1) is 0 Å². The molecule has 3 N–H and O–H groups in total. The number of aromatic nitrogens is 1. The van der Waals surface area contributed by atoms with Crippen molar-refractivity contribution in [3.63, 3.8) is 0 Å². The molecule has 0 fully saturated rings. The van der Waals surface area contributed by atoms with Crippen LogP contribution in [0, 0.1) is 5.82 Å². The molecule has 96 valence electrons. The summed E-state index contributed by atoms with van der Waals surface area (Å²) in [6, 6.07) is 8.39. The normalized spacial score (nSPS) is 10.1. The Kier molecular flexibility index (Phi) is 3.89. The maximum Gasteiger partial charge on any atom is 0.491 e. The first kappa shape index (κ1) is 13.2. The van der Waals surface area contributed by atoms with Crippen LogP contribution in [0.25, 0.3) is 0 Å². The molecule has 1 aromatic carbocycles. The molecule has 0 aliphatic heterocycles. The zero-order valence-corrected chi connectivity index (χ0v) is 9.75. The maximum atomic E-state index is 13.5. The number of benzene rings is 1. The zero-order chi connectivity index (χ0) is 13.8. The van der Waals surface area contributed by atoms with Crippen LogP contribution in [0.5, 0.6) is 0 Å². The van der Waals surface area contributed by atoms with E-state index < -0.39 is 18.8 Å². The summed E-state index contributed by atoms with van der Waals surface area (Å²) in [6.45, 7) is 0. The Morgan fingerprint density at radius 1 is 1.26 bits per heavy atom. The quantitative estimate of drug-likeness (QED) is 0.686. The standard InChI is InChI=1S/C12H10BFN2O3/c14-10-7-8(4-5-9(10)13(18)19)12(17)16-11-3-1-2-6-15-11/h1-7,18-19H,(H,15,16,17). The van der Waals surface area contributed by atoms with Gasteiger partial charge in [0.05, 0.1) is 0 Å². The van der Waals surface area contributed by atoms with Crippen molar-refractivity contribution in [2.24, 2.45) is 0 Å². The second-order valence-electron chi connectivity index (χ2n) is 3.78. The van der Waals surface area contributed by atoms with E-state index >= 15 is 0 Å². The molecular weight excluding hydrogens is 250 g/mol. The summed E-state index contributed by atoms with van der Waals surface area (Å²) in [6.07, 6.45) is 1.52. The number of hydrogen-bond donors (Lipinski definition) is 3. The summed E-state index contributed by atoms with van der Waals surface area (Å²) in [5, 5.41) is 20.2. The fraction of sp³-hybridized carbons (Fsp3) is 0. The van der Waals surface area contributed by atoms with Gasteiger partial charge in [-0.05, 0) is 24.3 Å². The SMILES string of the molecule is O=C(Nc1ccccn1)c1ccc(B(O)O)c(F)c1. The highest BCUT2D eigenvalue weighted by molar-refractivity contribution is 6.58. The van der Waals surface area contributed by atoms with Gasteiger partial charge in [-0.25, -0.2) is 9.37 Å². The molecule has 0 aliphatic carbocycles. The summed E-state index contributed by atoms with van der Waals surface area (Å²) >= 11 is 0. The Bertz CT molecular complexity index is 593. The monoisotopic (exact) mass is 260 g/mol. The van der Waals surface area contributed by atoms with Crippen LogP contribution in [0.3, 0.4) is 0 Å². The predicted octanol–water partition coefficient (Wildman–Crippen LogP) is 0.153. The average Bonchev–Trinajstić information content (AvgIpc) is 2.39.